The Balaban J connectivity index is 1.50. The summed E-state index contributed by atoms with van der Waals surface area (Å²) in [7, 11) is 0. The van der Waals surface area contributed by atoms with E-state index in [-0.39, 0.29) is 29.6 Å². The number of halogens is 1. The number of pyridine rings is 1. The minimum Gasteiger partial charge on any atom is -0.345 e. The first kappa shape index (κ1) is 23.3. The predicted octanol–water partition coefficient (Wildman–Crippen LogP) is 6.04. The van der Waals surface area contributed by atoms with Gasteiger partial charge in [-0.25, -0.2) is 9.37 Å². The quantitative estimate of drug-likeness (QED) is 0.341. The molecule has 1 aliphatic heterocycles. The van der Waals surface area contributed by atoms with Gasteiger partial charge in [0.05, 0.1) is 22.8 Å². The summed E-state index contributed by atoms with van der Waals surface area (Å²) in [5.41, 5.74) is 4.37. The van der Waals surface area contributed by atoms with E-state index >= 15 is 0 Å². The number of amides is 2. The molecule has 2 heterocycles. The number of nitrogens with zero attached hydrogens (tertiary/aromatic N) is 2. The van der Waals surface area contributed by atoms with Crippen molar-refractivity contribution in [3.8, 4) is 11.3 Å². The molecule has 2 aliphatic rings. The van der Waals surface area contributed by atoms with E-state index in [1.807, 2.05) is 65.6 Å². The number of hydrogen-bond donors (Lipinski definition) is 1. The molecule has 6 heteroatoms. The lowest BCUT2D eigenvalue weighted by molar-refractivity contribution is -0.128. The van der Waals surface area contributed by atoms with Gasteiger partial charge in [-0.05, 0) is 48.9 Å². The van der Waals surface area contributed by atoms with Gasteiger partial charge < -0.3 is 10.2 Å². The Morgan fingerprint density at radius 3 is 2.54 bits per heavy atom. The van der Waals surface area contributed by atoms with Crippen LogP contribution in [0.2, 0.25) is 0 Å². The molecule has 1 aliphatic carbocycles. The molecule has 1 unspecified atom stereocenters. The molecular formula is C31H28FN3O2. The molecule has 3 aromatic carbocycles. The van der Waals surface area contributed by atoms with Crippen LogP contribution in [-0.2, 0) is 11.3 Å². The largest absolute Gasteiger partial charge is 0.345 e. The molecule has 1 saturated heterocycles. The average Bonchev–Trinajstić information content (AvgIpc) is 3.68. The summed E-state index contributed by atoms with van der Waals surface area (Å²) in [5, 5.41) is 3.99. The van der Waals surface area contributed by atoms with Gasteiger partial charge in [0, 0.05) is 36.0 Å². The first-order chi connectivity index (χ1) is 18.1. The summed E-state index contributed by atoms with van der Waals surface area (Å²) in [6.45, 7) is 0.979. The van der Waals surface area contributed by atoms with Crippen molar-refractivity contribution >= 4 is 22.7 Å². The Bertz CT molecular complexity index is 1480. The van der Waals surface area contributed by atoms with Crippen LogP contribution in [-0.4, -0.2) is 28.2 Å². The molecule has 1 aromatic heterocycles. The van der Waals surface area contributed by atoms with Gasteiger partial charge >= 0.3 is 0 Å². The second kappa shape index (κ2) is 9.77. The van der Waals surface area contributed by atoms with Crippen LogP contribution in [0, 0.1) is 11.7 Å². The van der Waals surface area contributed by atoms with Crippen LogP contribution < -0.4 is 5.32 Å². The molecule has 0 bridgehead atoms. The Morgan fingerprint density at radius 2 is 1.81 bits per heavy atom. The fourth-order valence-corrected chi connectivity index (χ4v) is 5.38. The number of benzene rings is 3. The van der Waals surface area contributed by atoms with E-state index in [2.05, 4.69) is 5.32 Å². The second-order valence-corrected chi connectivity index (χ2v) is 9.96. The number of nitrogens with one attached hydrogen (secondary N) is 1. The monoisotopic (exact) mass is 493 g/mol. The predicted molar refractivity (Wildman–Crippen MR) is 141 cm³/mol. The van der Waals surface area contributed by atoms with Crippen LogP contribution in [0.4, 0.5) is 4.39 Å². The molecule has 4 aromatic rings. The molecule has 5 nitrogen and oxygen atoms in total. The molecule has 0 radical (unpaired) electrons. The molecule has 1 N–H and O–H groups in total. The van der Waals surface area contributed by atoms with Crippen molar-refractivity contribution in [2.75, 3.05) is 6.54 Å². The number of hydrogen-bond acceptors (Lipinski definition) is 3. The molecule has 37 heavy (non-hydrogen) atoms. The van der Waals surface area contributed by atoms with Gasteiger partial charge in [0.15, 0.2) is 0 Å². The third-order valence-electron chi connectivity index (χ3n) is 7.38. The van der Waals surface area contributed by atoms with Crippen LogP contribution in [0.3, 0.4) is 0 Å². The van der Waals surface area contributed by atoms with Crippen molar-refractivity contribution in [1.29, 1.82) is 0 Å². The van der Waals surface area contributed by atoms with E-state index < -0.39 is 0 Å². The summed E-state index contributed by atoms with van der Waals surface area (Å²) in [6.07, 6.45) is 3.31. The molecular weight excluding hydrogens is 465 g/mol. The number of para-hydroxylation sites is 1. The molecule has 1 saturated carbocycles. The summed E-state index contributed by atoms with van der Waals surface area (Å²) in [4.78, 5) is 33.6. The highest BCUT2D eigenvalue weighted by Gasteiger charge is 2.35. The zero-order valence-electron chi connectivity index (χ0n) is 20.5. The van der Waals surface area contributed by atoms with Gasteiger partial charge in [0.25, 0.3) is 5.91 Å². The van der Waals surface area contributed by atoms with Crippen molar-refractivity contribution < 1.29 is 14.0 Å². The number of carbonyl (C=O) groups excluding carboxylic acids is 2. The van der Waals surface area contributed by atoms with Crippen LogP contribution in [0.15, 0.2) is 78.9 Å². The maximum Gasteiger partial charge on any atom is 0.252 e. The van der Waals surface area contributed by atoms with Crippen molar-refractivity contribution in [2.45, 2.75) is 38.3 Å². The Hall–Kier alpha value is -4.06. The first-order valence-corrected chi connectivity index (χ1v) is 12.9. The summed E-state index contributed by atoms with van der Waals surface area (Å²) in [6, 6.07) is 23.6. The normalized spacial score (nSPS) is 16.2. The lowest BCUT2D eigenvalue weighted by atomic mass is 9.94. The van der Waals surface area contributed by atoms with Gasteiger partial charge in [-0.15, -0.1) is 0 Å². The third kappa shape index (κ3) is 4.71. The Labute approximate surface area is 215 Å². The maximum absolute atomic E-state index is 14.2. The first-order valence-electron chi connectivity index (χ1n) is 12.9. The average molecular weight is 494 g/mol. The third-order valence-corrected chi connectivity index (χ3v) is 7.38. The Kier molecular flexibility index (Phi) is 6.16. The van der Waals surface area contributed by atoms with Gasteiger partial charge in [0.2, 0.25) is 5.91 Å². The van der Waals surface area contributed by atoms with E-state index in [9.17, 15) is 14.0 Å². The number of rotatable bonds is 7. The van der Waals surface area contributed by atoms with Crippen molar-refractivity contribution in [2.24, 2.45) is 5.92 Å². The zero-order valence-corrected chi connectivity index (χ0v) is 20.5. The summed E-state index contributed by atoms with van der Waals surface area (Å²) < 4.78 is 14.1. The fraction of sp³-hybridized carbons (Fsp3) is 0.258. The molecule has 0 spiro atoms. The SMILES string of the molecule is O=C(NC(c1cccc(F)c1)C1CC1)c1c(CN2CCCC2=O)c(-c2ccccc2)nc2ccccc12. The van der Waals surface area contributed by atoms with Gasteiger partial charge in [0.1, 0.15) is 5.82 Å². The summed E-state index contributed by atoms with van der Waals surface area (Å²) >= 11 is 0. The fourth-order valence-electron chi connectivity index (χ4n) is 5.38. The highest BCUT2D eigenvalue weighted by atomic mass is 19.1. The van der Waals surface area contributed by atoms with Gasteiger partial charge in [-0.3, -0.25) is 9.59 Å². The molecule has 186 valence electrons. The highest BCUT2D eigenvalue weighted by molar-refractivity contribution is 6.09. The van der Waals surface area contributed by atoms with E-state index in [4.69, 9.17) is 4.98 Å². The maximum atomic E-state index is 14.2. The minimum atomic E-state index is -0.314. The second-order valence-electron chi connectivity index (χ2n) is 9.96. The molecule has 1 atom stereocenters. The van der Waals surface area contributed by atoms with Crippen molar-refractivity contribution in [3.05, 3.63) is 101 Å². The van der Waals surface area contributed by atoms with E-state index in [1.54, 1.807) is 6.07 Å². The molecule has 2 fully saturated rings. The van der Waals surface area contributed by atoms with Crippen molar-refractivity contribution in [3.63, 3.8) is 0 Å². The van der Waals surface area contributed by atoms with E-state index in [0.29, 0.717) is 30.8 Å². The smallest absolute Gasteiger partial charge is 0.252 e. The summed E-state index contributed by atoms with van der Waals surface area (Å²) in [5.74, 6) is -0.171. The van der Waals surface area contributed by atoms with E-state index in [1.165, 1.54) is 12.1 Å². The lowest BCUT2D eigenvalue weighted by Crippen LogP contribution is -2.32. The Morgan fingerprint density at radius 1 is 1.03 bits per heavy atom. The minimum absolute atomic E-state index is 0.0918. The topological polar surface area (TPSA) is 62.3 Å². The lowest BCUT2D eigenvalue weighted by Gasteiger charge is -2.24. The standard InChI is InChI=1S/C31H28FN3O2/c32-23-11-6-10-22(18-23)29(21-15-16-21)34-31(37)28-24-12-4-5-13-26(24)33-30(20-8-2-1-3-9-20)25(28)19-35-17-7-14-27(35)36/h1-6,8-13,18,21,29H,7,14-17,19H2,(H,34,37). The highest BCUT2D eigenvalue weighted by Crippen LogP contribution is 2.42. The van der Waals surface area contributed by atoms with Crippen LogP contribution in [0.5, 0.6) is 0 Å². The van der Waals surface area contributed by atoms with Crippen LogP contribution >= 0.6 is 0 Å². The van der Waals surface area contributed by atoms with Gasteiger partial charge in [-0.1, -0.05) is 60.7 Å². The van der Waals surface area contributed by atoms with E-state index in [0.717, 1.165) is 46.9 Å². The zero-order chi connectivity index (χ0) is 25.4. The number of fused-ring (bicyclic) bond motifs is 1. The van der Waals surface area contributed by atoms with Gasteiger partial charge in [-0.2, -0.15) is 0 Å². The van der Waals surface area contributed by atoms with Crippen molar-refractivity contribution in [1.82, 2.24) is 15.2 Å². The van der Waals surface area contributed by atoms with Crippen LogP contribution in [0.1, 0.15) is 53.2 Å². The molecule has 2 amide bonds. The number of likely N-dealkylation sites (tertiary alicyclic amines) is 1. The number of carbonyl (C=O) groups is 2. The number of aromatic nitrogens is 1. The molecule has 6 rings (SSSR count). The van der Waals surface area contributed by atoms with Crippen LogP contribution in [0.25, 0.3) is 22.2 Å².